The second-order valence-corrected chi connectivity index (χ2v) is 7.19. The molecule has 23 heavy (non-hydrogen) atoms. The van der Waals surface area contributed by atoms with Crippen LogP contribution < -0.4 is 0 Å². The molecule has 0 aliphatic carbocycles. The number of hydrogen-bond donors (Lipinski definition) is 0. The fourth-order valence-electron chi connectivity index (χ4n) is 2.84. The molecule has 2 aromatic carbocycles. The van der Waals surface area contributed by atoms with E-state index in [4.69, 9.17) is 34.8 Å². The molecule has 0 saturated carbocycles. The van der Waals surface area contributed by atoms with Crippen LogP contribution in [0.1, 0.15) is 11.1 Å². The summed E-state index contributed by atoms with van der Waals surface area (Å²) in [4.78, 5) is 4.91. The molecular formula is C18H19Cl3N2. The lowest BCUT2D eigenvalue weighted by molar-refractivity contribution is 0.122. The van der Waals surface area contributed by atoms with Crippen molar-refractivity contribution >= 4 is 34.8 Å². The summed E-state index contributed by atoms with van der Waals surface area (Å²) in [7, 11) is 0. The highest BCUT2D eigenvalue weighted by atomic mass is 35.5. The third-order valence-electron chi connectivity index (χ3n) is 4.19. The minimum Gasteiger partial charge on any atom is -0.297 e. The molecule has 2 nitrogen and oxygen atoms in total. The van der Waals surface area contributed by atoms with E-state index in [0.717, 1.165) is 54.9 Å². The van der Waals surface area contributed by atoms with E-state index in [1.165, 1.54) is 5.56 Å². The Morgan fingerprint density at radius 1 is 0.696 bits per heavy atom. The maximum absolute atomic E-state index is 6.27. The normalized spacial score (nSPS) is 16.7. The molecule has 122 valence electrons. The van der Waals surface area contributed by atoms with Gasteiger partial charge in [-0.1, -0.05) is 53.0 Å². The largest absolute Gasteiger partial charge is 0.297 e. The Balaban J connectivity index is 1.51. The summed E-state index contributed by atoms with van der Waals surface area (Å²) in [5, 5.41) is 2.23. The van der Waals surface area contributed by atoms with Gasteiger partial charge in [0.2, 0.25) is 0 Å². The number of rotatable bonds is 4. The quantitative estimate of drug-likeness (QED) is 0.751. The van der Waals surface area contributed by atoms with E-state index in [0.29, 0.717) is 5.02 Å². The summed E-state index contributed by atoms with van der Waals surface area (Å²) < 4.78 is 0. The van der Waals surface area contributed by atoms with Gasteiger partial charge in [0, 0.05) is 54.3 Å². The lowest BCUT2D eigenvalue weighted by atomic mass is 10.1. The molecule has 0 aromatic heterocycles. The van der Waals surface area contributed by atoms with E-state index in [-0.39, 0.29) is 0 Å². The van der Waals surface area contributed by atoms with E-state index in [1.807, 2.05) is 30.3 Å². The maximum atomic E-state index is 6.27. The highest BCUT2D eigenvalue weighted by Gasteiger charge is 2.18. The van der Waals surface area contributed by atoms with Crippen LogP contribution in [0.15, 0.2) is 42.5 Å². The van der Waals surface area contributed by atoms with Gasteiger partial charge in [0.05, 0.1) is 0 Å². The van der Waals surface area contributed by atoms with Gasteiger partial charge in [0.25, 0.3) is 0 Å². The van der Waals surface area contributed by atoms with Crippen LogP contribution >= 0.6 is 34.8 Å². The van der Waals surface area contributed by atoms with E-state index in [1.54, 1.807) is 0 Å². The van der Waals surface area contributed by atoms with Crippen molar-refractivity contribution < 1.29 is 0 Å². The fraction of sp³-hybridized carbons (Fsp3) is 0.333. The Bertz CT molecular complexity index is 650. The van der Waals surface area contributed by atoms with Gasteiger partial charge in [-0.15, -0.1) is 0 Å². The zero-order valence-electron chi connectivity index (χ0n) is 12.8. The first kappa shape index (κ1) is 17.1. The summed E-state index contributed by atoms with van der Waals surface area (Å²) in [6.45, 7) is 6.08. The molecule has 0 atom stereocenters. The summed E-state index contributed by atoms with van der Waals surface area (Å²) in [5.41, 5.74) is 2.45. The average Bonchev–Trinajstić information content (AvgIpc) is 2.54. The second kappa shape index (κ2) is 7.87. The van der Waals surface area contributed by atoms with Crippen molar-refractivity contribution in [2.45, 2.75) is 13.1 Å². The summed E-state index contributed by atoms with van der Waals surface area (Å²) >= 11 is 18.2. The van der Waals surface area contributed by atoms with Gasteiger partial charge in [-0.05, 0) is 35.4 Å². The number of halogens is 3. The molecule has 0 unspecified atom stereocenters. The Kier molecular flexibility index (Phi) is 5.84. The minimum absolute atomic E-state index is 0.687. The molecule has 0 spiro atoms. The standard InChI is InChI=1S/C18H19Cl3N2/c19-16-4-1-14(2-5-16)12-22-7-9-23(10-8-22)13-15-3-6-17(20)11-18(15)21/h1-6,11H,7-10,12-13H2. The fourth-order valence-corrected chi connectivity index (χ4v) is 3.44. The number of piperazine rings is 1. The average molecular weight is 370 g/mol. The third-order valence-corrected chi connectivity index (χ3v) is 5.03. The highest BCUT2D eigenvalue weighted by molar-refractivity contribution is 6.35. The van der Waals surface area contributed by atoms with Gasteiger partial charge >= 0.3 is 0 Å². The van der Waals surface area contributed by atoms with Crippen LogP contribution in [0.5, 0.6) is 0 Å². The second-order valence-electron chi connectivity index (χ2n) is 5.91. The molecule has 1 fully saturated rings. The van der Waals surface area contributed by atoms with Crippen molar-refractivity contribution in [2.24, 2.45) is 0 Å². The molecule has 0 amide bonds. The van der Waals surface area contributed by atoms with Crippen LogP contribution in [0.25, 0.3) is 0 Å². The van der Waals surface area contributed by atoms with E-state index in [2.05, 4.69) is 21.9 Å². The molecule has 0 radical (unpaired) electrons. The first-order chi connectivity index (χ1) is 11.1. The lowest BCUT2D eigenvalue weighted by Crippen LogP contribution is -2.45. The Hall–Kier alpha value is -0.770. The monoisotopic (exact) mass is 368 g/mol. The molecule has 0 bridgehead atoms. The van der Waals surface area contributed by atoms with Crippen LogP contribution in [-0.2, 0) is 13.1 Å². The molecule has 5 heteroatoms. The van der Waals surface area contributed by atoms with Crippen molar-refractivity contribution in [3.8, 4) is 0 Å². The first-order valence-electron chi connectivity index (χ1n) is 7.73. The van der Waals surface area contributed by atoms with Crippen molar-refractivity contribution in [2.75, 3.05) is 26.2 Å². The van der Waals surface area contributed by atoms with Gasteiger partial charge in [-0.25, -0.2) is 0 Å². The number of benzene rings is 2. The maximum Gasteiger partial charge on any atom is 0.0465 e. The zero-order chi connectivity index (χ0) is 16.2. The van der Waals surface area contributed by atoms with Crippen LogP contribution in [0.4, 0.5) is 0 Å². The number of hydrogen-bond acceptors (Lipinski definition) is 2. The first-order valence-corrected chi connectivity index (χ1v) is 8.86. The molecule has 1 aliphatic rings. The predicted octanol–water partition coefficient (Wildman–Crippen LogP) is 4.96. The smallest absolute Gasteiger partial charge is 0.0465 e. The van der Waals surface area contributed by atoms with Crippen molar-refractivity contribution in [1.29, 1.82) is 0 Å². The molecule has 3 rings (SSSR count). The van der Waals surface area contributed by atoms with Crippen molar-refractivity contribution in [1.82, 2.24) is 9.80 Å². The number of nitrogens with zero attached hydrogens (tertiary/aromatic N) is 2. The van der Waals surface area contributed by atoms with Gasteiger partial charge in [-0.3, -0.25) is 9.80 Å². The lowest BCUT2D eigenvalue weighted by Gasteiger charge is -2.34. The van der Waals surface area contributed by atoms with Crippen LogP contribution in [0.3, 0.4) is 0 Å². The van der Waals surface area contributed by atoms with Gasteiger partial charge < -0.3 is 0 Å². The molecule has 0 N–H and O–H groups in total. The van der Waals surface area contributed by atoms with Crippen molar-refractivity contribution in [3.05, 3.63) is 68.7 Å². The van der Waals surface area contributed by atoms with Crippen LogP contribution in [0.2, 0.25) is 15.1 Å². The highest BCUT2D eigenvalue weighted by Crippen LogP contribution is 2.23. The van der Waals surface area contributed by atoms with E-state index >= 15 is 0 Å². The predicted molar refractivity (Wildman–Crippen MR) is 98.5 cm³/mol. The van der Waals surface area contributed by atoms with Gasteiger partial charge in [0.15, 0.2) is 0 Å². The Morgan fingerprint density at radius 3 is 1.87 bits per heavy atom. The SMILES string of the molecule is Clc1ccc(CN2CCN(Cc3ccc(Cl)cc3Cl)CC2)cc1. The zero-order valence-corrected chi connectivity index (χ0v) is 15.1. The summed E-state index contributed by atoms with van der Waals surface area (Å²) in [6.07, 6.45) is 0. The minimum atomic E-state index is 0.687. The molecule has 1 aliphatic heterocycles. The third kappa shape index (κ3) is 4.85. The van der Waals surface area contributed by atoms with E-state index in [9.17, 15) is 0 Å². The van der Waals surface area contributed by atoms with Gasteiger partial charge in [-0.2, -0.15) is 0 Å². The van der Waals surface area contributed by atoms with Crippen molar-refractivity contribution in [3.63, 3.8) is 0 Å². The summed E-state index contributed by atoms with van der Waals surface area (Å²) in [5.74, 6) is 0. The molecule has 2 aromatic rings. The van der Waals surface area contributed by atoms with E-state index < -0.39 is 0 Å². The molecule has 1 heterocycles. The summed E-state index contributed by atoms with van der Waals surface area (Å²) in [6, 6.07) is 13.8. The Morgan fingerprint density at radius 2 is 1.26 bits per heavy atom. The topological polar surface area (TPSA) is 6.48 Å². The van der Waals surface area contributed by atoms with Crippen LogP contribution in [-0.4, -0.2) is 36.0 Å². The molecular weight excluding hydrogens is 351 g/mol. The Labute approximate surface area is 152 Å². The van der Waals surface area contributed by atoms with Gasteiger partial charge in [0.1, 0.15) is 0 Å². The van der Waals surface area contributed by atoms with Crippen LogP contribution in [0, 0.1) is 0 Å². The molecule has 1 saturated heterocycles.